The molecule has 0 aromatic rings. The second-order valence-electron chi connectivity index (χ2n) is 16.0. The third kappa shape index (κ3) is 40.1. The number of hydrogen-bond donors (Lipinski definition) is 5. The average Bonchev–Trinajstić information content (AvgIpc) is 3.15. The number of nitrogens with one attached hydrogen (secondary N) is 4. The second-order valence-corrected chi connectivity index (χ2v) is 16.0. The van der Waals surface area contributed by atoms with E-state index in [9.17, 15) is 9.59 Å². The highest BCUT2D eigenvalue weighted by molar-refractivity contribution is 5.76. The van der Waals surface area contributed by atoms with Crippen molar-refractivity contribution in [1.82, 2.24) is 21.3 Å². The van der Waals surface area contributed by atoms with Crippen LogP contribution < -0.4 is 27.0 Å². The van der Waals surface area contributed by atoms with Crippen molar-refractivity contribution in [2.24, 2.45) is 11.7 Å². The molecule has 8 heteroatoms. The first-order chi connectivity index (χ1) is 26.0. The summed E-state index contributed by atoms with van der Waals surface area (Å²) in [5.74, 6) is 0.364. The molecule has 0 rings (SSSR count). The van der Waals surface area contributed by atoms with Crippen molar-refractivity contribution in [3.8, 4) is 0 Å². The van der Waals surface area contributed by atoms with E-state index in [1.807, 2.05) is 0 Å². The Morgan fingerprint density at radius 3 is 1.40 bits per heavy atom. The molecule has 2 amide bonds. The summed E-state index contributed by atoms with van der Waals surface area (Å²) in [6.07, 6.45) is 38.3. The van der Waals surface area contributed by atoms with Gasteiger partial charge in [0.05, 0.1) is 6.04 Å². The lowest BCUT2D eigenvalue weighted by molar-refractivity contribution is -0.122. The van der Waals surface area contributed by atoms with Gasteiger partial charge in [-0.1, -0.05) is 175 Å². The predicted molar refractivity (Wildman–Crippen MR) is 230 cm³/mol. The van der Waals surface area contributed by atoms with Gasteiger partial charge in [0, 0.05) is 13.0 Å². The molecule has 6 N–H and O–H groups in total. The van der Waals surface area contributed by atoms with Crippen molar-refractivity contribution in [2.45, 2.75) is 226 Å². The molecule has 0 saturated heterocycles. The Balaban J connectivity index is 4.33. The van der Waals surface area contributed by atoms with Gasteiger partial charge in [0.25, 0.3) is 0 Å². The molecule has 0 radical (unpaired) electrons. The topological polar surface area (TPSA) is 118 Å². The van der Waals surface area contributed by atoms with Crippen LogP contribution in [0.25, 0.3) is 0 Å². The minimum atomic E-state index is -0.387. The summed E-state index contributed by atoms with van der Waals surface area (Å²) in [4.78, 5) is 25.5. The van der Waals surface area contributed by atoms with Gasteiger partial charge in [0.15, 0.2) is 0 Å². The Bertz CT molecular complexity index is 756. The summed E-state index contributed by atoms with van der Waals surface area (Å²) in [7, 11) is 0. The molecule has 316 valence electrons. The number of hydrogen-bond acceptors (Lipinski definition) is 6. The number of alkyl carbamates (subject to hydrolysis) is 1. The van der Waals surface area contributed by atoms with Gasteiger partial charge in [-0.3, -0.25) is 4.79 Å². The first-order valence-corrected chi connectivity index (χ1v) is 23.4. The molecule has 8 nitrogen and oxygen atoms in total. The van der Waals surface area contributed by atoms with Crippen LogP contribution in [0.2, 0.25) is 0 Å². The fourth-order valence-electron chi connectivity index (χ4n) is 7.04. The molecule has 0 bridgehead atoms. The molecule has 53 heavy (non-hydrogen) atoms. The summed E-state index contributed by atoms with van der Waals surface area (Å²) in [6.45, 7) is 12.2. The number of carbonyl (C=O) groups excluding carboxylic acids is 2. The summed E-state index contributed by atoms with van der Waals surface area (Å²) in [5.41, 5.74) is 5.52. The van der Waals surface area contributed by atoms with Crippen LogP contribution in [0.5, 0.6) is 0 Å². The normalized spacial score (nSPS) is 12.5. The van der Waals surface area contributed by atoms with E-state index in [-0.39, 0.29) is 30.6 Å². The van der Waals surface area contributed by atoms with Gasteiger partial charge in [-0.2, -0.15) is 0 Å². The van der Waals surface area contributed by atoms with E-state index in [2.05, 4.69) is 42.0 Å². The quantitative estimate of drug-likeness (QED) is 0.0396. The molecule has 2 unspecified atom stereocenters. The molecule has 0 heterocycles. The zero-order valence-corrected chi connectivity index (χ0v) is 35.8. The zero-order valence-electron chi connectivity index (χ0n) is 35.8. The Labute approximate surface area is 330 Å². The Hall–Kier alpha value is -1.38. The van der Waals surface area contributed by atoms with Crippen LogP contribution in [0.15, 0.2) is 0 Å². The van der Waals surface area contributed by atoms with Crippen LogP contribution in [-0.2, 0) is 9.53 Å². The van der Waals surface area contributed by atoms with Crippen LogP contribution in [0, 0.1) is 5.92 Å². The maximum absolute atomic E-state index is 13.0. The fourth-order valence-corrected chi connectivity index (χ4v) is 7.04. The summed E-state index contributed by atoms with van der Waals surface area (Å²) in [6, 6.07) is -0.144. The zero-order chi connectivity index (χ0) is 38.7. The number of rotatable bonds is 43. The fraction of sp³-hybridized carbons (Fsp3) is 0.956. The van der Waals surface area contributed by atoms with E-state index in [0.29, 0.717) is 13.0 Å². The second kappa shape index (κ2) is 43.3. The monoisotopic (exact) mass is 752 g/mol. The molecule has 0 aliphatic rings. The lowest BCUT2D eigenvalue weighted by Gasteiger charge is -2.25. The molecule has 0 saturated carbocycles. The number of amides is 2. The minimum Gasteiger partial charge on any atom is -0.447 e. The lowest BCUT2D eigenvalue weighted by Crippen LogP contribution is -2.44. The van der Waals surface area contributed by atoms with Gasteiger partial charge in [-0.15, -0.1) is 0 Å². The molecule has 0 aromatic carbocycles. The van der Waals surface area contributed by atoms with Crippen LogP contribution >= 0.6 is 0 Å². The Morgan fingerprint density at radius 1 is 0.509 bits per heavy atom. The van der Waals surface area contributed by atoms with Crippen LogP contribution in [0.1, 0.15) is 220 Å². The number of nitrogens with two attached hydrogens (primary N) is 1. The summed E-state index contributed by atoms with van der Waals surface area (Å²) < 4.78 is 5.66. The number of unbranched alkanes of at least 4 members (excludes halogenated alkanes) is 24. The van der Waals surface area contributed by atoms with E-state index < -0.39 is 0 Å². The summed E-state index contributed by atoms with van der Waals surface area (Å²) in [5, 5.41) is 13.0. The smallest absolute Gasteiger partial charge is 0.407 e. The largest absolute Gasteiger partial charge is 0.447 e. The molecule has 0 aromatic heterocycles. The highest BCUT2D eigenvalue weighted by Gasteiger charge is 2.21. The maximum atomic E-state index is 13.0. The molecular formula is C45H93N5O3. The Morgan fingerprint density at radius 2 is 0.925 bits per heavy atom. The van der Waals surface area contributed by atoms with Crippen molar-refractivity contribution < 1.29 is 14.3 Å². The highest BCUT2D eigenvalue weighted by atomic mass is 16.5. The summed E-state index contributed by atoms with van der Waals surface area (Å²) >= 11 is 0. The van der Waals surface area contributed by atoms with Crippen LogP contribution in [-0.4, -0.2) is 63.9 Å². The van der Waals surface area contributed by atoms with Crippen molar-refractivity contribution >= 4 is 12.0 Å². The van der Waals surface area contributed by atoms with Gasteiger partial charge in [0.1, 0.15) is 6.61 Å². The molecule has 2 atom stereocenters. The van der Waals surface area contributed by atoms with Gasteiger partial charge in [-0.25, -0.2) is 4.79 Å². The molecule has 0 aliphatic carbocycles. The SMILES string of the molecule is CCCCCCCCCCCCCCCC(=O)NC(COC(=O)NCCCNCCCCNCCCN)C(C)CCCCCCCCCCCCCC. The lowest BCUT2D eigenvalue weighted by atomic mass is 9.94. The van der Waals surface area contributed by atoms with Crippen molar-refractivity contribution in [1.29, 1.82) is 0 Å². The van der Waals surface area contributed by atoms with Crippen molar-refractivity contribution in [3.63, 3.8) is 0 Å². The Kier molecular flexibility index (Phi) is 42.2. The predicted octanol–water partition coefficient (Wildman–Crippen LogP) is 11.1. The number of carbonyl (C=O) groups is 2. The van der Waals surface area contributed by atoms with E-state index >= 15 is 0 Å². The maximum Gasteiger partial charge on any atom is 0.407 e. The van der Waals surface area contributed by atoms with Crippen LogP contribution in [0.4, 0.5) is 4.79 Å². The van der Waals surface area contributed by atoms with E-state index in [1.165, 1.54) is 141 Å². The standard InChI is InChI=1S/C45H93N5O3/c1-4-6-8-10-12-14-16-18-20-22-24-26-28-34-44(51)50-43(42(3)33-27-25-23-21-19-17-15-13-11-9-7-5-2)41-53-45(52)49-40-32-39-48-37-30-29-36-47-38-31-35-46/h42-43,47-48H,4-41,46H2,1-3H3,(H,49,52)(H,50,51). The van der Waals surface area contributed by atoms with Gasteiger partial charge in [0.2, 0.25) is 5.91 Å². The van der Waals surface area contributed by atoms with Gasteiger partial charge in [-0.05, 0) is 77.2 Å². The highest BCUT2D eigenvalue weighted by Crippen LogP contribution is 2.18. The molecule has 0 aliphatic heterocycles. The van der Waals surface area contributed by atoms with Crippen LogP contribution in [0.3, 0.4) is 0 Å². The first kappa shape index (κ1) is 51.6. The van der Waals surface area contributed by atoms with E-state index in [1.54, 1.807) is 0 Å². The minimum absolute atomic E-state index is 0.0982. The third-order valence-corrected chi connectivity index (χ3v) is 10.8. The molecule has 0 spiro atoms. The molecule has 0 fully saturated rings. The van der Waals surface area contributed by atoms with Gasteiger partial charge < -0.3 is 31.7 Å². The average molecular weight is 752 g/mol. The number of ether oxygens (including phenoxy) is 1. The van der Waals surface area contributed by atoms with Crippen molar-refractivity contribution in [3.05, 3.63) is 0 Å². The van der Waals surface area contributed by atoms with E-state index in [4.69, 9.17) is 10.5 Å². The van der Waals surface area contributed by atoms with E-state index in [0.717, 1.165) is 84.1 Å². The van der Waals surface area contributed by atoms with Crippen molar-refractivity contribution in [2.75, 3.05) is 45.9 Å². The van der Waals surface area contributed by atoms with Gasteiger partial charge >= 0.3 is 6.09 Å². The molecular weight excluding hydrogens is 659 g/mol. The third-order valence-electron chi connectivity index (χ3n) is 10.8. The first-order valence-electron chi connectivity index (χ1n) is 23.4.